The Morgan fingerprint density at radius 1 is 1.53 bits per heavy atom. The minimum Gasteiger partial charge on any atom is -0.392 e. The summed E-state index contributed by atoms with van der Waals surface area (Å²) in [5.41, 5.74) is 5.60. The van der Waals surface area contributed by atoms with Gasteiger partial charge < -0.3 is 10.5 Å². The summed E-state index contributed by atoms with van der Waals surface area (Å²) in [5, 5.41) is 0. The molecule has 0 spiro atoms. The molecule has 5 nitrogen and oxygen atoms in total. The topological polar surface area (TPSA) is 72.6 Å². The molecule has 0 aromatic heterocycles. The van der Waals surface area contributed by atoms with E-state index < -0.39 is 10.0 Å². The third-order valence-corrected chi connectivity index (χ3v) is 4.94. The number of rotatable bonds is 6. The highest BCUT2D eigenvalue weighted by atomic mass is 32.2. The maximum atomic E-state index is 12.1. The standard InChI is InChI=1S/C10H20N2O3S2/c1-2-15-7-8-17(13,14)12-6-4-3-5-9(12)10(11)16/h9H,2-8H2,1H3,(H2,11,16). The van der Waals surface area contributed by atoms with Crippen LogP contribution in [0.4, 0.5) is 0 Å². The van der Waals surface area contributed by atoms with Crippen molar-refractivity contribution in [3.63, 3.8) is 0 Å². The Hall–Kier alpha value is -0.240. The van der Waals surface area contributed by atoms with Crippen molar-refractivity contribution >= 4 is 27.2 Å². The number of ether oxygens (including phenoxy) is 1. The minimum absolute atomic E-state index is 0.0000463. The number of hydrogen-bond donors (Lipinski definition) is 1. The Morgan fingerprint density at radius 3 is 2.82 bits per heavy atom. The fourth-order valence-corrected chi connectivity index (χ4v) is 3.84. The van der Waals surface area contributed by atoms with E-state index in [1.54, 1.807) is 0 Å². The van der Waals surface area contributed by atoms with Crippen molar-refractivity contribution in [3.8, 4) is 0 Å². The molecule has 7 heteroatoms. The average Bonchev–Trinajstić information content (AvgIpc) is 2.29. The van der Waals surface area contributed by atoms with E-state index in [-0.39, 0.29) is 23.4 Å². The molecule has 1 aliphatic heterocycles. The predicted molar refractivity (Wildman–Crippen MR) is 71.4 cm³/mol. The van der Waals surface area contributed by atoms with E-state index in [1.807, 2.05) is 6.92 Å². The molecular weight excluding hydrogens is 260 g/mol. The summed E-state index contributed by atoms with van der Waals surface area (Å²) < 4.78 is 30.7. The predicted octanol–water partition coefficient (Wildman–Crippen LogP) is 0.493. The van der Waals surface area contributed by atoms with Gasteiger partial charge in [0.25, 0.3) is 0 Å². The molecule has 1 heterocycles. The van der Waals surface area contributed by atoms with Crippen molar-refractivity contribution in [2.45, 2.75) is 32.2 Å². The first kappa shape index (κ1) is 14.8. The quantitative estimate of drug-likeness (QED) is 0.566. The molecule has 1 aliphatic rings. The van der Waals surface area contributed by atoms with E-state index in [0.717, 1.165) is 19.3 Å². The number of nitrogens with two attached hydrogens (primary N) is 1. The Kier molecular flexibility index (Phi) is 5.78. The molecule has 0 radical (unpaired) electrons. The lowest BCUT2D eigenvalue weighted by Gasteiger charge is -2.33. The van der Waals surface area contributed by atoms with E-state index in [9.17, 15) is 8.42 Å². The molecule has 2 N–H and O–H groups in total. The average molecular weight is 280 g/mol. The zero-order chi connectivity index (χ0) is 12.9. The van der Waals surface area contributed by atoms with Crippen LogP contribution in [0.15, 0.2) is 0 Å². The summed E-state index contributed by atoms with van der Waals surface area (Å²) in [7, 11) is -3.31. The largest absolute Gasteiger partial charge is 0.392 e. The normalized spacial score (nSPS) is 22.5. The van der Waals surface area contributed by atoms with Crippen LogP contribution in [0.1, 0.15) is 26.2 Å². The molecule has 0 amide bonds. The van der Waals surface area contributed by atoms with E-state index in [0.29, 0.717) is 13.2 Å². The van der Waals surface area contributed by atoms with Gasteiger partial charge in [0.1, 0.15) is 0 Å². The Morgan fingerprint density at radius 2 is 2.24 bits per heavy atom. The molecule has 1 saturated heterocycles. The maximum absolute atomic E-state index is 12.1. The van der Waals surface area contributed by atoms with Gasteiger partial charge in [-0.25, -0.2) is 8.42 Å². The molecule has 0 saturated carbocycles. The summed E-state index contributed by atoms with van der Waals surface area (Å²) in [6.07, 6.45) is 2.57. The highest BCUT2D eigenvalue weighted by Crippen LogP contribution is 2.21. The van der Waals surface area contributed by atoms with Gasteiger partial charge in [-0.1, -0.05) is 18.6 Å². The Balaban J connectivity index is 2.69. The van der Waals surface area contributed by atoms with Gasteiger partial charge in [-0.3, -0.25) is 0 Å². The van der Waals surface area contributed by atoms with E-state index in [1.165, 1.54) is 4.31 Å². The van der Waals surface area contributed by atoms with Gasteiger partial charge in [0.05, 0.1) is 23.4 Å². The summed E-state index contributed by atoms with van der Waals surface area (Å²) in [4.78, 5) is 0.268. The van der Waals surface area contributed by atoms with E-state index in [4.69, 9.17) is 22.7 Å². The number of piperidine rings is 1. The lowest BCUT2D eigenvalue weighted by atomic mass is 10.1. The second kappa shape index (κ2) is 6.63. The van der Waals surface area contributed by atoms with Crippen LogP contribution in [0.25, 0.3) is 0 Å². The molecule has 0 bridgehead atoms. The zero-order valence-electron chi connectivity index (χ0n) is 10.1. The second-order valence-electron chi connectivity index (χ2n) is 4.04. The van der Waals surface area contributed by atoms with Gasteiger partial charge in [0.2, 0.25) is 10.0 Å². The maximum Gasteiger partial charge on any atom is 0.217 e. The number of nitrogens with zero attached hydrogens (tertiary/aromatic N) is 1. The summed E-state index contributed by atoms with van der Waals surface area (Å²) in [6.45, 7) is 3.09. The van der Waals surface area contributed by atoms with Crippen LogP contribution in [0, 0.1) is 0 Å². The molecule has 1 atom stereocenters. The van der Waals surface area contributed by atoms with Gasteiger partial charge in [-0.05, 0) is 19.8 Å². The van der Waals surface area contributed by atoms with Gasteiger partial charge in [-0.15, -0.1) is 0 Å². The van der Waals surface area contributed by atoms with Crippen LogP contribution in [0.3, 0.4) is 0 Å². The fourth-order valence-electron chi connectivity index (χ4n) is 1.95. The lowest BCUT2D eigenvalue weighted by molar-refractivity contribution is 0.161. The molecule has 1 rings (SSSR count). The fraction of sp³-hybridized carbons (Fsp3) is 0.900. The first-order valence-corrected chi connectivity index (χ1v) is 7.87. The molecule has 0 aliphatic carbocycles. The summed E-state index contributed by atoms with van der Waals surface area (Å²) in [6, 6.07) is -0.314. The van der Waals surface area contributed by atoms with Crippen molar-refractivity contribution in [2.24, 2.45) is 5.73 Å². The first-order chi connectivity index (χ1) is 7.99. The van der Waals surface area contributed by atoms with Gasteiger partial charge >= 0.3 is 0 Å². The third-order valence-electron chi connectivity index (χ3n) is 2.83. The highest BCUT2D eigenvalue weighted by molar-refractivity contribution is 7.89. The van der Waals surface area contributed by atoms with Crippen LogP contribution in [0.5, 0.6) is 0 Å². The van der Waals surface area contributed by atoms with Crippen LogP contribution in [-0.4, -0.2) is 49.3 Å². The van der Waals surface area contributed by atoms with Crippen molar-refractivity contribution in [1.29, 1.82) is 0 Å². The molecule has 0 aromatic carbocycles. The van der Waals surface area contributed by atoms with Gasteiger partial charge in [0.15, 0.2) is 0 Å². The monoisotopic (exact) mass is 280 g/mol. The first-order valence-electron chi connectivity index (χ1n) is 5.85. The van der Waals surface area contributed by atoms with Crippen molar-refractivity contribution < 1.29 is 13.2 Å². The highest BCUT2D eigenvalue weighted by Gasteiger charge is 2.33. The summed E-state index contributed by atoms with van der Waals surface area (Å²) in [5.74, 6) is -0.0000463. The molecule has 1 unspecified atom stereocenters. The number of thiocarbonyl (C=S) groups is 1. The Labute approximate surface area is 108 Å². The molecule has 100 valence electrons. The van der Waals surface area contributed by atoms with Crippen LogP contribution >= 0.6 is 12.2 Å². The second-order valence-corrected chi connectivity index (χ2v) is 6.55. The third kappa shape index (κ3) is 4.17. The van der Waals surface area contributed by atoms with E-state index in [2.05, 4.69) is 0 Å². The lowest BCUT2D eigenvalue weighted by Crippen LogP contribution is -2.50. The SMILES string of the molecule is CCOCCS(=O)(=O)N1CCCCC1C(N)=S. The smallest absolute Gasteiger partial charge is 0.217 e. The molecular formula is C10H20N2O3S2. The van der Waals surface area contributed by atoms with Crippen LogP contribution in [0.2, 0.25) is 0 Å². The van der Waals surface area contributed by atoms with Gasteiger partial charge in [0, 0.05) is 13.2 Å². The van der Waals surface area contributed by atoms with Crippen LogP contribution in [-0.2, 0) is 14.8 Å². The minimum atomic E-state index is -3.31. The van der Waals surface area contributed by atoms with Crippen molar-refractivity contribution in [3.05, 3.63) is 0 Å². The van der Waals surface area contributed by atoms with Crippen molar-refractivity contribution in [1.82, 2.24) is 4.31 Å². The molecule has 1 fully saturated rings. The number of sulfonamides is 1. The Bertz CT molecular complexity index is 357. The molecule has 17 heavy (non-hydrogen) atoms. The summed E-state index contributed by atoms with van der Waals surface area (Å²) >= 11 is 4.94. The van der Waals surface area contributed by atoms with E-state index >= 15 is 0 Å². The van der Waals surface area contributed by atoms with Gasteiger partial charge in [-0.2, -0.15) is 4.31 Å². The number of hydrogen-bond acceptors (Lipinski definition) is 4. The van der Waals surface area contributed by atoms with Crippen LogP contribution < -0.4 is 5.73 Å². The van der Waals surface area contributed by atoms with Crippen molar-refractivity contribution in [2.75, 3.05) is 25.5 Å². The molecule has 0 aromatic rings. The zero-order valence-corrected chi connectivity index (χ0v) is 11.7.